The minimum Gasteiger partial charge on any atom is -0.382 e. The molecule has 29 heavy (non-hydrogen) atoms. The molecule has 1 atom stereocenters. The molecule has 9 heteroatoms. The Morgan fingerprint density at radius 3 is 2.86 bits per heavy atom. The highest BCUT2D eigenvalue weighted by Gasteiger charge is 2.29. The average molecular weight is 494 g/mol. The zero-order valence-electron chi connectivity index (χ0n) is 15.0. The van der Waals surface area contributed by atoms with Gasteiger partial charge in [0.05, 0.1) is 22.3 Å². The van der Waals surface area contributed by atoms with Crippen LogP contribution in [0.5, 0.6) is 0 Å². The smallest absolute Gasteiger partial charge is 0.269 e. The Morgan fingerprint density at radius 1 is 1.21 bits per heavy atom. The molecule has 1 aliphatic rings. The number of amides is 1. The van der Waals surface area contributed by atoms with Crippen LogP contribution in [-0.4, -0.2) is 27.5 Å². The van der Waals surface area contributed by atoms with Crippen LogP contribution in [-0.2, 0) is 16.2 Å². The van der Waals surface area contributed by atoms with Crippen LogP contribution in [0.3, 0.4) is 0 Å². The van der Waals surface area contributed by atoms with Crippen molar-refractivity contribution >= 4 is 56.6 Å². The number of carbonyl (C=O) groups excluding carboxylic acids is 1. The van der Waals surface area contributed by atoms with Crippen LogP contribution in [0, 0.1) is 0 Å². The average Bonchev–Trinajstić information content (AvgIpc) is 3.35. The molecule has 1 unspecified atom stereocenters. The van der Waals surface area contributed by atoms with Gasteiger partial charge >= 0.3 is 0 Å². The van der Waals surface area contributed by atoms with E-state index < -0.39 is 6.10 Å². The van der Waals surface area contributed by atoms with Crippen molar-refractivity contribution in [3.05, 3.63) is 80.4 Å². The number of hydrogen-bond acceptors (Lipinski definition) is 4. The lowest BCUT2D eigenvalue weighted by Crippen LogP contribution is -2.28. The molecule has 4 rings (SSSR count). The molecule has 0 saturated carbocycles. The molecule has 3 aromatic rings. The lowest BCUT2D eigenvalue weighted by molar-refractivity contribution is -0.125. The van der Waals surface area contributed by atoms with E-state index in [2.05, 4.69) is 31.5 Å². The van der Waals surface area contributed by atoms with Crippen LogP contribution in [0.1, 0.15) is 17.5 Å². The molecule has 0 bridgehead atoms. The minimum absolute atomic E-state index is 0.293. The van der Waals surface area contributed by atoms with Gasteiger partial charge in [0.1, 0.15) is 0 Å². The Bertz CT molecular complexity index is 1100. The number of rotatable bonds is 5. The van der Waals surface area contributed by atoms with Crippen molar-refractivity contribution in [3.63, 3.8) is 0 Å². The second-order valence-corrected chi connectivity index (χ2v) is 8.21. The third-order valence-electron chi connectivity index (χ3n) is 4.34. The third kappa shape index (κ3) is 4.80. The monoisotopic (exact) mass is 492 g/mol. The molecular formula is C20H15BrCl2N4O2. The van der Waals surface area contributed by atoms with Gasteiger partial charge in [0, 0.05) is 28.7 Å². The van der Waals surface area contributed by atoms with E-state index in [9.17, 15) is 4.79 Å². The van der Waals surface area contributed by atoms with Crippen LogP contribution in [0.2, 0.25) is 10.0 Å². The third-order valence-corrected chi connectivity index (χ3v) is 5.57. The topological polar surface area (TPSA) is 68.5 Å². The number of anilines is 1. The van der Waals surface area contributed by atoms with E-state index in [4.69, 9.17) is 28.0 Å². The summed E-state index contributed by atoms with van der Waals surface area (Å²) in [6.45, 7) is 0.503. The predicted octanol–water partition coefficient (Wildman–Crippen LogP) is 5.13. The number of nitrogens with one attached hydrogen (secondary N) is 1. The minimum atomic E-state index is -0.691. The summed E-state index contributed by atoms with van der Waals surface area (Å²) in [7, 11) is 0. The van der Waals surface area contributed by atoms with Crippen molar-refractivity contribution in [2.45, 2.75) is 19.1 Å². The van der Waals surface area contributed by atoms with Crippen molar-refractivity contribution in [1.29, 1.82) is 0 Å². The summed E-state index contributed by atoms with van der Waals surface area (Å²) in [5.41, 5.74) is 2.60. The molecule has 0 saturated heterocycles. The molecule has 1 amide bonds. The zero-order valence-corrected chi connectivity index (χ0v) is 18.1. The molecule has 2 heterocycles. The molecule has 148 valence electrons. The number of carbonyl (C=O) groups is 1. The second-order valence-electron chi connectivity index (χ2n) is 6.48. The van der Waals surface area contributed by atoms with E-state index in [-0.39, 0.29) is 5.91 Å². The molecule has 1 aliphatic heterocycles. The lowest BCUT2D eigenvalue weighted by Gasteiger charge is -2.07. The van der Waals surface area contributed by atoms with Crippen LogP contribution < -0.4 is 5.32 Å². The van der Waals surface area contributed by atoms with Gasteiger partial charge in [-0.2, -0.15) is 5.10 Å². The molecule has 0 fully saturated rings. The van der Waals surface area contributed by atoms with Gasteiger partial charge in [0.25, 0.3) is 5.91 Å². The summed E-state index contributed by atoms with van der Waals surface area (Å²) in [5.74, 6) is 0.146. The van der Waals surface area contributed by atoms with Crippen LogP contribution in [0.4, 0.5) is 5.82 Å². The number of oxime groups is 1. The summed E-state index contributed by atoms with van der Waals surface area (Å²) in [5, 5.41) is 12.2. The summed E-state index contributed by atoms with van der Waals surface area (Å²) in [4.78, 5) is 17.8. The van der Waals surface area contributed by atoms with Crippen molar-refractivity contribution in [1.82, 2.24) is 9.78 Å². The number of benzene rings is 2. The van der Waals surface area contributed by atoms with Gasteiger partial charge in [-0.15, -0.1) is 0 Å². The van der Waals surface area contributed by atoms with E-state index >= 15 is 0 Å². The standard InChI is InChI=1S/C20H15BrCl2N4O2/c21-14-3-1-2-13(9-14)17-10-18(29-26-17)20(28)24-19-6-7-27(25-19)11-12-4-5-15(22)16(23)8-12/h1-9,18H,10-11H2,(H,24,25,28). The Morgan fingerprint density at radius 2 is 2.07 bits per heavy atom. The van der Waals surface area contributed by atoms with Crippen molar-refractivity contribution in [2.24, 2.45) is 5.16 Å². The molecule has 0 aliphatic carbocycles. The fourth-order valence-corrected chi connectivity index (χ4v) is 3.62. The maximum Gasteiger partial charge on any atom is 0.269 e. The Kier molecular flexibility index (Phi) is 5.89. The molecule has 1 aromatic heterocycles. The van der Waals surface area contributed by atoms with E-state index in [1.807, 2.05) is 30.3 Å². The maximum atomic E-state index is 12.5. The van der Waals surface area contributed by atoms with Crippen molar-refractivity contribution < 1.29 is 9.63 Å². The predicted molar refractivity (Wildman–Crippen MR) is 117 cm³/mol. The first-order valence-corrected chi connectivity index (χ1v) is 10.3. The molecule has 0 spiro atoms. The van der Waals surface area contributed by atoms with Crippen LogP contribution >= 0.6 is 39.1 Å². The molecule has 1 N–H and O–H groups in total. The van der Waals surface area contributed by atoms with Gasteiger partial charge < -0.3 is 10.2 Å². The normalized spacial score (nSPS) is 15.7. The number of halogens is 3. The van der Waals surface area contributed by atoms with E-state index in [0.29, 0.717) is 28.8 Å². The highest BCUT2D eigenvalue weighted by molar-refractivity contribution is 9.10. The van der Waals surface area contributed by atoms with Gasteiger partial charge in [-0.05, 0) is 29.8 Å². The largest absolute Gasteiger partial charge is 0.382 e. The number of hydrogen-bond donors (Lipinski definition) is 1. The fraction of sp³-hybridized carbons (Fsp3) is 0.150. The lowest BCUT2D eigenvalue weighted by atomic mass is 10.0. The molecule has 2 aromatic carbocycles. The van der Waals surface area contributed by atoms with Gasteiger partial charge in [-0.1, -0.05) is 62.5 Å². The first-order valence-electron chi connectivity index (χ1n) is 8.75. The van der Waals surface area contributed by atoms with Gasteiger partial charge in [0.15, 0.2) is 5.82 Å². The van der Waals surface area contributed by atoms with E-state index in [1.165, 1.54) is 0 Å². The number of aromatic nitrogens is 2. The van der Waals surface area contributed by atoms with E-state index in [1.54, 1.807) is 29.1 Å². The Hall–Kier alpha value is -2.35. The zero-order chi connectivity index (χ0) is 20.4. The summed E-state index contributed by atoms with van der Waals surface area (Å²) in [6.07, 6.45) is 1.48. The van der Waals surface area contributed by atoms with Crippen molar-refractivity contribution in [2.75, 3.05) is 5.32 Å². The first-order chi connectivity index (χ1) is 14.0. The van der Waals surface area contributed by atoms with Gasteiger partial charge in [-0.25, -0.2) is 0 Å². The maximum absolute atomic E-state index is 12.5. The summed E-state index contributed by atoms with van der Waals surface area (Å²) in [6, 6.07) is 14.8. The fourth-order valence-electron chi connectivity index (χ4n) is 2.90. The molecule has 0 radical (unpaired) electrons. The summed E-state index contributed by atoms with van der Waals surface area (Å²) >= 11 is 15.4. The second kappa shape index (κ2) is 8.57. The highest BCUT2D eigenvalue weighted by atomic mass is 79.9. The molecule has 6 nitrogen and oxygen atoms in total. The van der Waals surface area contributed by atoms with Crippen LogP contribution in [0.15, 0.2) is 64.4 Å². The van der Waals surface area contributed by atoms with Crippen LogP contribution in [0.25, 0.3) is 0 Å². The Balaban J connectivity index is 1.35. The summed E-state index contributed by atoms with van der Waals surface area (Å²) < 4.78 is 2.65. The van der Waals surface area contributed by atoms with E-state index in [0.717, 1.165) is 21.3 Å². The highest BCUT2D eigenvalue weighted by Crippen LogP contribution is 2.23. The molecular weight excluding hydrogens is 479 g/mol. The first kappa shape index (κ1) is 19.9. The SMILES string of the molecule is O=C(Nc1ccn(Cc2ccc(Cl)c(Cl)c2)n1)C1CC(c2cccc(Br)c2)=NO1. The quantitative estimate of drug-likeness (QED) is 0.535. The Labute approximate surface area is 185 Å². The number of nitrogens with zero attached hydrogens (tertiary/aromatic N) is 3. The van der Waals surface area contributed by atoms with Gasteiger partial charge in [-0.3, -0.25) is 9.48 Å². The van der Waals surface area contributed by atoms with Gasteiger partial charge in [0.2, 0.25) is 6.10 Å². The van der Waals surface area contributed by atoms with Crippen molar-refractivity contribution in [3.8, 4) is 0 Å².